The average Bonchev–Trinajstić information content (AvgIpc) is 2.78. The SMILES string of the molecule is O=c1[nH]cnc2c1ncn2CC(CO)OCP(=O)(O)O. The molecule has 10 nitrogen and oxygen atoms in total. The number of nitrogens with zero attached hydrogens (tertiary/aromatic N) is 3. The molecule has 0 saturated heterocycles. The van der Waals surface area contributed by atoms with Gasteiger partial charge in [0.05, 0.1) is 31.9 Å². The maximum Gasteiger partial charge on any atom is 0.350 e. The fourth-order valence-electron chi connectivity index (χ4n) is 1.61. The van der Waals surface area contributed by atoms with E-state index < -0.39 is 32.2 Å². The van der Waals surface area contributed by atoms with Crippen LogP contribution < -0.4 is 5.56 Å². The largest absolute Gasteiger partial charge is 0.394 e. The first-order valence-electron chi connectivity index (χ1n) is 5.56. The van der Waals surface area contributed by atoms with Gasteiger partial charge in [0.1, 0.15) is 6.35 Å². The molecule has 0 saturated carbocycles. The minimum atomic E-state index is -4.31. The fraction of sp³-hybridized carbons (Fsp3) is 0.444. The van der Waals surface area contributed by atoms with Gasteiger partial charge in [-0.1, -0.05) is 0 Å². The first-order chi connectivity index (χ1) is 9.40. The van der Waals surface area contributed by atoms with E-state index in [9.17, 15) is 9.36 Å². The van der Waals surface area contributed by atoms with Gasteiger partial charge in [-0.3, -0.25) is 9.36 Å². The highest BCUT2D eigenvalue weighted by Gasteiger charge is 2.19. The first-order valence-corrected chi connectivity index (χ1v) is 7.36. The first kappa shape index (κ1) is 14.8. The number of aromatic amines is 1. The smallest absolute Gasteiger partial charge is 0.350 e. The molecular weight excluding hydrogens is 291 g/mol. The third-order valence-corrected chi connectivity index (χ3v) is 2.98. The van der Waals surface area contributed by atoms with Crippen molar-refractivity contribution in [1.29, 1.82) is 0 Å². The van der Waals surface area contributed by atoms with Gasteiger partial charge in [-0.25, -0.2) is 9.97 Å². The maximum atomic E-state index is 11.4. The molecule has 0 spiro atoms. The Morgan fingerprint density at radius 1 is 1.45 bits per heavy atom. The summed E-state index contributed by atoms with van der Waals surface area (Å²) in [4.78, 5) is 39.1. The highest BCUT2D eigenvalue weighted by atomic mass is 31.2. The minimum Gasteiger partial charge on any atom is -0.394 e. The van der Waals surface area contributed by atoms with Gasteiger partial charge in [0.2, 0.25) is 0 Å². The number of imidazole rings is 1. The number of ether oxygens (including phenoxy) is 1. The van der Waals surface area contributed by atoms with Crippen LogP contribution >= 0.6 is 7.60 Å². The summed E-state index contributed by atoms with van der Waals surface area (Å²) in [5.41, 5.74) is 0.0385. The zero-order chi connectivity index (χ0) is 14.8. The number of nitrogens with one attached hydrogen (secondary N) is 1. The molecule has 0 aliphatic carbocycles. The average molecular weight is 304 g/mol. The van der Waals surface area contributed by atoms with E-state index in [1.54, 1.807) is 0 Å². The Morgan fingerprint density at radius 2 is 2.20 bits per heavy atom. The summed E-state index contributed by atoms with van der Waals surface area (Å²) in [5, 5.41) is 9.15. The summed E-state index contributed by atoms with van der Waals surface area (Å²) in [7, 11) is -4.31. The van der Waals surface area contributed by atoms with E-state index in [0.717, 1.165) is 0 Å². The van der Waals surface area contributed by atoms with Crippen LogP contribution in [0.3, 0.4) is 0 Å². The van der Waals surface area contributed by atoms with Gasteiger partial charge in [0.15, 0.2) is 11.2 Å². The molecule has 0 aromatic carbocycles. The number of H-pyrrole nitrogens is 1. The lowest BCUT2D eigenvalue weighted by Gasteiger charge is -2.16. The molecule has 2 heterocycles. The van der Waals surface area contributed by atoms with Gasteiger partial charge in [0.25, 0.3) is 5.56 Å². The Kier molecular flexibility index (Phi) is 4.31. The van der Waals surface area contributed by atoms with Gasteiger partial charge < -0.3 is 29.2 Å². The second-order valence-corrected chi connectivity index (χ2v) is 5.65. The van der Waals surface area contributed by atoms with Gasteiger partial charge >= 0.3 is 7.60 Å². The van der Waals surface area contributed by atoms with Crippen molar-refractivity contribution in [1.82, 2.24) is 19.5 Å². The van der Waals surface area contributed by atoms with Crippen molar-refractivity contribution >= 4 is 18.8 Å². The van der Waals surface area contributed by atoms with Crippen molar-refractivity contribution < 1.29 is 24.2 Å². The van der Waals surface area contributed by atoms with E-state index in [1.165, 1.54) is 17.2 Å². The molecule has 0 fully saturated rings. The van der Waals surface area contributed by atoms with Gasteiger partial charge in [-0.15, -0.1) is 0 Å². The van der Waals surface area contributed by atoms with Crippen LogP contribution in [0.15, 0.2) is 17.4 Å². The lowest BCUT2D eigenvalue weighted by atomic mass is 10.3. The summed E-state index contributed by atoms with van der Waals surface area (Å²) >= 11 is 0. The Bertz CT molecular complexity index is 691. The van der Waals surface area contributed by atoms with Crippen LogP contribution in [0.5, 0.6) is 0 Å². The van der Waals surface area contributed by atoms with Crippen LogP contribution in [0.25, 0.3) is 11.2 Å². The number of aliphatic hydroxyl groups excluding tert-OH is 1. The van der Waals surface area contributed by atoms with Crippen molar-refractivity contribution in [2.24, 2.45) is 0 Å². The maximum absolute atomic E-state index is 11.4. The van der Waals surface area contributed by atoms with Crippen molar-refractivity contribution in [3.8, 4) is 0 Å². The second-order valence-electron chi connectivity index (χ2n) is 4.07. The van der Waals surface area contributed by atoms with Gasteiger partial charge in [-0.2, -0.15) is 0 Å². The van der Waals surface area contributed by atoms with E-state index in [0.29, 0.717) is 5.65 Å². The minimum absolute atomic E-state index is 0.0590. The highest BCUT2D eigenvalue weighted by Crippen LogP contribution is 2.34. The van der Waals surface area contributed by atoms with Crippen LogP contribution in [0, 0.1) is 0 Å². The Hall–Kier alpha value is -1.58. The summed E-state index contributed by atoms with van der Waals surface area (Å²) in [5.74, 6) is 0. The van der Waals surface area contributed by atoms with Gasteiger partial charge in [-0.05, 0) is 0 Å². The summed E-state index contributed by atoms with van der Waals surface area (Å²) in [6.45, 7) is -0.383. The van der Waals surface area contributed by atoms with Crippen molar-refractivity contribution in [3.05, 3.63) is 23.0 Å². The summed E-state index contributed by atoms with van der Waals surface area (Å²) in [6.07, 6.45) is 0.920. The molecule has 1 atom stereocenters. The normalized spacial score (nSPS) is 13.8. The van der Waals surface area contributed by atoms with E-state index in [1.807, 2.05) is 0 Å². The highest BCUT2D eigenvalue weighted by molar-refractivity contribution is 7.51. The molecule has 0 amide bonds. The molecule has 0 aliphatic heterocycles. The van der Waals surface area contributed by atoms with E-state index in [4.69, 9.17) is 19.6 Å². The van der Waals surface area contributed by atoms with Crippen molar-refractivity contribution in [2.75, 3.05) is 13.0 Å². The third kappa shape index (κ3) is 3.50. The molecule has 11 heteroatoms. The quantitative estimate of drug-likeness (QED) is 0.477. The Balaban J connectivity index is 2.16. The fourth-order valence-corrected chi connectivity index (χ4v) is 2.02. The van der Waals surface area contributed by atoms with E-state index in [-0.39, 0.29) is 12.1 Å². The van der Waals surface area contributed by atoms with Crippen LogP contribution in [0.4, 0.5) is 0 Å². The molecule has 20 heavy (non-hydrogen) atoms. The summed E-state index contributed by atoms with van der Waals surface area (Å²) in [6, 6.07) is 0. The van der Waals surface area contributed by atoms with E-state index in [2.05, 4.69) is 15.0 Å². The van der Waals surface area contributed by atoms with Gasteiger partial charge in [0, 0.05) is 0 Å². The van der Waals surface area contributed by atoms with Crippen LogP contribution in [0.1, 0.15) is 0 Å². The number of fused-ring (bicyclic) bond motifs is 1. The number of hydrogen-bond donors (Lipinski definition) is 4. The zero-order valence-electron chi connectivity index (χ0n) is 10.2. The number of aliphatic hydroxyl groups is 1. The number of rotatable bonds is 6. The molecule has 1 unspecified atom stereocenters. The molecule has 110 valence electrons. The monoisotopic (exact) mass is 304 g/mol. The zero-order valence-corrected chi connectivity index (χ0v) is 11.1. The predicted molar refractivity (Wildman–Crippen MR) is 67.0 cm³/mol. The van der Waals surface area contributed by atoms with Crippen LogP contribution in [-0.2, 0) is 15.8 Å². The molecule has 2 aromatic heterocycles. The van der Waals surface area contributed by atoms with Crippen molar-refractivity contribution in [3.63, 3.8) is 0 Å². The molecular formula is C9H13N4O6P. The lowest BCUT2D eigenvalue weighted by Crippen LogP contribution is -2.24. The summed E-state index contributed by atoms with van der Waals surface area (Å²) < 4.78 is 17.1. The van der Waals surface area contributed by atoms with Crippen LogP contribution in [-0.4, -0.2) is 53.5 Å². The van der Waals surface area contributed by atoms with Crippen molar-refractivity contribution in [2.45, 2.75) is 12.6 Å². The number of aromatic nitrogens is 4. The molecule has 0 bridgehead atoms. The third-order valence-electron chi connectivity index (χ3n) is 2.49. The molecule has 4 N–H and O–H groups in total. The number of hydrogen-bond acceptors (Lipinski definition) is 6. The predicted octanol–water partition coefficient (Wildman–Crippen LogP) is -1.37. The van der Waals surface area contributed by atoms with Crippen LogP contribution in [0.2, 0.25) is 0 Å². The topological polar surface area (TPSA) is 151 Å². The standard InChI is InChI=1S/C9H13N4O6P/c14-2-6(19-5-20(16,17)18)1-13-4-12-7-8(13)10-3-11-9(7)15/h3-4,6,14H,1-2,5H2,(H,10,11,15)(H2,16,17,18). The second kappa shape index (κ2) is 5.81. The molecule has 2 rings (SSSR count). The van der Waals surface area contributed by atoms with E-state index >= 15 is 0 Å². The Morgan fingerprint density at radius 3 is 2.85 bits per heavy atom. The molecule has 0 aliphatic rings. The Labute approximate surface area is 112 Å². The molecule has 2 aromatic rings. The molecule has 0 radical (unpaired) electrons. The lowest BCUT2D eigenvalue weighted by molar-refractivity contribution is 0.0202.